The Morgan fingerprint density at radius 2 is 2.11 bits per heavy atom. The summed E-state index contributed by atoms with van der Waals surface area (Å²) in [6.07, 6.45) is 3.10. The predicted octanol–water partition coefficient (Wildman–Crippen LogP) is 0.686. The Morgan fingerprint density at radius 3 is 2.79 bits per heavy atom. The predicted molar refractivity (Wildman–Crippen MR) is 71.5 cm³/mol. The van der Waals surface area contributed by atoms with Crippen LogP contribution in [0, 0.1) is 13.8 Å². The molecule has 0 saturated carbocycles. The molecule has 0 aromatic carbocycles. The van der Waals surface area contributed by atoms with Crippen molar-refractivity contribution < 1.29 is 0 Å². The molecule has 0 spiro atoms. The zero-order valence-corrected chi connectivity index (χ0v) is 11.8. The van der Waals surface area contributed by atoms with Gasteiger partial charge in [-0.15, -0.1) is 5.10 Å². The molecule has 0 aliphatic rings. The van der Waals surface area contributed by atoms with Crippen molar-refractivity contribution in [1.82, 2.24) is 35.1 Å². The van der Waals surface area contributed by atoms with Gasteiger partial charge in [-0.25, -0.2) is 9.67 Å². The van der Waals surface area contributed by atoms with Gasteiger partial charge in [0.2, 0.25) is 0 Å². The SMILES string of the molecule is CCCNCc1cn(CCn2nc(C)nc2C)nn1. The molecule has 0 amide bonds. The Kier molecular flexibility index (Phi) is 4.62. The Labute approximate surface area is 113 Å². The van der Waals surface area contributed by atoms with Crippen molar-refractivity contribution in [3.63, 3.8) is 0 Å². The highest BCUT2D eigenvalue weighted by atomic mass is 15.4. The Bertz CT molecular complexity index is 514. The fourth-order valence-corrected chi connectivity index (χ4v) is 1.89. The highest BCUT2D eigenvalue weighted by molar-refractivity contribution is 4.92. The van der Waals surface area contributed by atoms with Crippen LogP contribution in [0.2, 0.25) is 0 Å². The van der Waals surface area contributed by atoms with Crippen LogP contribution in [0.15, 0.2) is 6.20 Å². The lowest BCUT2D eigenvalue weighted by atomic mass is 10.4. The van der Waals surface area contributed by atoms with Crippen molar-refractivity contribution >= 4 is 0 Å². The van der Waals surface area contributed by atoms with Gasteiger partial charge in [0.15, 0.2) is 0 Å². The van der Waals surface area contributed by atoms with Crippen LogP contribution in [0.3, 0.4) is 0 Å². The maximum Gasteiger partial charge on any atom is 0.147 e. The van der Waals surface area contributed by atoms with Gasteiger partial charge in [0.05, 0.1) is 18.8 Å². The number of aryl methyl sites for hydroxylation is 4. The van der Waals surface area contributed by atoms with Crippen molar-refractivity contribution in [2.24, 2.45) is 0 Å². The van der Waals surface area contributed by atoms with E-state index >= 15 is 0 Å². The average molecular weight is 263 g/mol. The quantitative estimate of drug-likeness (QED) is 0.744. The molecule has 2 aromatic heterocycles. The van der Waals surface area contributed by atoms with Crippen molar-refractivity contribution in [2.75, 3.05) is 6.54 Å². The molecule has 2 heterocycles. The summed E-state index contributed by atoms with van der Waals surface area (Å²) in [4.78, 5) is 4.28. The van der Waals surface area contributed by atoms with Crippen LogP contribution in [0.1, 0.15) is 30.7 Å². The first-order chi connectivity index (χ1) is 9.19. The van der Waals surface area contributed by atoms with E-state index in [1.54, 1.807) is 0 Å². The molecular formula is C12H21N7. The van der Waals surface area contributed by atoms with Gasteiger partial charge in [-0.05, 0) is 26.8 Å². The molecule has 0 radical (unpaired) electrons. The molecular weight excluding hydrogens is 242 g/mol. The van der Waals surface area contributed by atoms with Crippen LogP contribution in [0.25, 0.3) is 0 Å². The number of nitrogens with one attached hydrogen (secondary N) is 1. The summed E-state index contributed by atoms with van der Waals surface area (Å²) in [7, 11) is 0. The van der Waals surface area contributed by atoms with Gasteiger partial charge in [0, 0.05) is 12.7 Å². The fourth-order valence-electron chi connectivity index (χ4n) is 1.89. The Hall–Kier alpha value is -1.76. The van der Waals surface area contributed by atoms with Crippen LogP contribution in [-0.4, -0.2) is 36.3 Å². The third-order valence-corrected chi connectivity index (χ3v) is 2.82. The lowest BCUT2D eigenvalue weighted by Gasteiger charge is -2.02. The van der Waals surface area contributed by atoms with Crippen LogP contribution in [-0.2, 0) is 19.6 Å². The summed E-state index contributed by atoms with van der Waals surface area (Å²) in [5.41, 5.74) is 0.972. The summed E-state index contributed by atoms with van der Waals surface area (Å²) >= 11 is 0. The van der Waals surface area contributed by atoms with Crippen molar-refractivity contribution in [3.05, 3.63) is 23.5 Å². The first-order valence-electron chi connectivity index (χ1n) is 6.67. The maximum atomic E-state index is 4.32. The third kappa shape index (κ3) is 3.85. The minimum Gasteiger partial charge on any atom is -0.311 e. The number of hydrogen-bond donors (Lipinski definition) is 1. The second-order valence-electron chi connectivity index (χ2n) is 4.58. The molecule has 1 N–H and O–H groups in total. The molecule has 0 atom stereocenters. The molecule has 0 fully saturated rings. The smallest absolute Gasteiger partial charge is 0.147 e. The second kappa shape index (κ2) is 6.42. The summed E-state index contributed by atoms with van der Waals surface area (Å²) < 4.78 is 3.74. The average Bonchev–Trinajstić information content (AvgIpc) is 2.94. The molecule has 0 bridgehead atoms. The number of hydrogen-bond acceptors (Lipinski definition) is 5. The standard InChI is InChI=1S/C12H21N7/c1-4-5-13-8-12-9-18(17-15-12)6-7-19-11(3)14-10(2)16-19/h9,13H,4-8H2,1-3H3. The monoisotopic (exact) mass is 263 g/mol. The van der Waals surface area contributed by atoms with E-state index in [9.17, 15) is 0 Å². The number of aromatic nitrogens is 6. The lowest BCUT2D eigenvalue weighted by molar-refractivity contribution is 0.480. The summed E-state index contributed by atoms with van der Waals surface area (Å²) in [5.74, 6) is 1.74. The summed E-state index contributed by atoms with van der Waals surface area (Å²) in [6.45, 7) is 9.30. The van der Waals surface area contributed by atoms with E-state index in [0.29, 0.717) is 0 Å². The van der Waals surface area contributed by atoms with Gasteiger partial charge >= 0.3 is 0 Å². The molecule has 2 aromatic rings. The van der Waals surface area contributed by atoms with E-state index in [1.165, 1.54) is 0 Å². The summed E-state index contributed by atoms with van der Waals surface area (Å²) in [6, 6.07) is 0. The zero-order chi connectivity index (χ0) is 13.7. The second-order valence-corrected chi connectivity index (χ2v) is 4.58. The molecule has 0 unspecified atom stereocenters. The molecule has 0 aliphatic carbocycles. The molecule has 0 aliphatic heterocycles. The van der Waals surface area contributed by atoms with Crippen LogP contribution in [0.4, 0.5) is 0 Å². The first-order valence-corrected chi connectivity index (χ1v) is 6.67. The van der Waals surface area contributed by atoms with Crippen molar-refractivity contribution in [2.45, 2.75) is 46.8 Å². The van der Waals surface area contributed by atoms with Crippen LogP contribution in [0.5, 0.6) is 0 Å². The molecule has 104 valence electrons. The number of rotatable bonds is 7. The van der Waals surface area contributed by atoms with E-state index in [0.717, 1.165) is 49.9 Å². The molecule has 2 rings (SSSR count). The first kappa shape index (κ1) is 13.7. The van der Waals surface area contributed by atoms with Gasteiger partial charge < -0.3 is 5.32 Å². The van der Waals surface area contributed by atoms with Gasteiger partial charge in [-0.3, -0.25) is 4.68 Å². The van der Waals surface area contributed by atoms with E-state index in [1.807, 2.05) is 29.4 Å². The van der Waals surface area contributed by atoms with E-state index in [-0.39, 0.29) is 0 Å². The Morgan fingerprint density at radius 1 is 1.26 bits per heavy atom. The minimum absolute atomic E-state index is 0.754. The van der Waals surface area contributed by atoms with E-state index in [2.05, 4.69) is 32.6 Å². The summed E-state index contributed by atoms with van der Waals surface area (Å²) in [5, 5.41) is 15.9. The van der Waals surface area contributed by atoms with Gasteiger partial charge in [-0.2, -0.15) is 5.10 Å². The topological polar surface area (TPSA) is 73.5 Å². The van der Waals surface area contributed by atoms with Gasteiger partial charge in [0.25, 0.3) is 0 Å². The Balaban J connectivity index is 1.84. The fraction of sp³-hybridized carbons (Fsp3) is 0.667. The van der Waals surface area contributed by atoms with Crippen LogP contribution >= 0.6 is 0 Å². The van der Waals surface area contributed by atoms with E-state index < -0.39 is 0 Å². The number of nitrogens with zero attached hydrogens (tertiary/aromatic N) is 6. The highest BCUT2D eigenvalue weighted by Crippen LogP contribution is 1.98. The lowest BCUT2D eigenvalue weighted by Crippen LogP contribution is -2.14. The normalized spacial score (nSPS) is 11.1. The van der Waals surface area contributed by atoms with E-state index in [4.69, 9.17) is 0 Å². The van der Waals surface area contributed by atoms with Crippen LogP contribution < -0.4 is 5.32 Å². The van der Waals surface area contributed by atoms with Crippen molar-refractivity contribution in [3.8, 4) is 0 Å². The minimum atomic E-state index is 0.754. The molecule has 7 nitrogen and oxygen atoms in total. The molecule has 0 saturated heterocycles. The van der Waals surface area contributed by atoms with Crippen molar-refractivity contribution in [1.29, 1.82) is 0 Å². The zero-order valence-electron chi connectivity index (χ0n) is 11.8. The third-order valence-electron chi connectivity index (χ3n) is 2.82. The highest BCUT2D eigenvalue weighted by Gasteiger charge is 2.04. The molecule has 7 heteroatoms. The van der Waals surface area contributed by atoms with Gasteiger partial charge in [0.1, 0.15) is 11.6 Å². The van der Waals surface area contributed by atoms with Gasteiger partial charge in [-0.1, -0.05) is 12.1 Å². The molecule has 19 heavy (non-hydrogen) atoms. The maximum absolute atomic E-state index is 4.32. The largest absolute Gasteiger partial charge is 0.311 e.